The van der Waals surface area contributed by atoms with Crippen molar-refractivity contribution in [3.05, 3.63) is 43.2 Å². The quantitative estimate of drug-likeness (QED) is 0.662. The van der Waals surface area contributed by atoms with Gasteiger partial charge in [-0.25, -0.2) is 4.39 Å². The molecule has 1 heterocycles. The van der Waals surface area contributed by atoms with Crippen LogP contribution in [0.1, 0.15) is 6.42 Å². The predicted molar refractivity (Wildman–Crippen MR) is 51.9 cm³/mol. The third-order valence-electron chi connectivity index (χ3n) is 2.13. The Morgan fingerprint density at radius 3 is 2.92 bits per heavy atom. The van der Waals surface area contributed by atoms with Crippen molar-refractivity contribution in [2.45, 2.75) is 13.0 Å². The van der Waals surface area contributed by atoms with Crippen molar-refractivity contribution in [2.75, 3.05) is 0 Å². The van der Waals surface area contributed by atoms with Crippen molar-refractivity contribution in [2.24, 2.45) is 0 Å². The second-order valence-electron chi connectivity index (χ2n) is 3.07. The van der Waals surface area contributed by atoms with Gasteiger partial charge in [0.1, 0.15) is 5.82 Å². The average Bonchev–Trinajstić information content (AvgIpc) is 2.49. The molecule has 1 aromatic carbocycles. The van der Waals surface area contributed by atoms with E-state index in [9.17, 15) is 4.39 Å². The van der Waals surface area contributed by atoms with E-state index >= 15 is 0 Å². The summed E-state index contributed by atoms with van der Waals surface area (Å²) in [5.74, 6) is -0.184. The van der Waals surface area contributed by atoms with Gasteiger partial charge in [-0.1, -0.05) is 6.92 Å². The zero-order valence-electron chi connectivity index (χ0n) is 7.33. The predicted octanol–water partition coefficient (Wildman–Crippen LogP) is 3.00. The normalized spacial score (nSPS) is 10.9. The third kappa shape index (κ3) is 1.44. The lowest BCUT2D eigenvalue weighted by Gasteiger charge is -2.01. The molecule has 0 saturated carbocycles. The van der Waals surface area contributed by atoms with Gasteiger partial charge in [0.05, 0.1) is 5.52 Å². The summed E-state index contributed by atoms with van der Waals surface area (Å²) in [4.78, 5) is 0. The Morgan fingerprint density at radius 2 is 2.15 bits per heavy atom. The largest absolute Gasteiger partial charge is 0.347 e. The highest BCUT2D eigenvalue weighted by Crippen LogP contribution is 2.17. The number of hydrogen-bond acceptors (Lipinski definition) is 0. The number of fused-ring (bicyclic) bond motifs is 1. The first-order chi connectivity index (χ1) is 6.31. The van der Waals surface area contributed by atoms with Gasteiger partial charge < -0.3 is 4.57 Å². The van der Waals surface area contributed by atoms with E-state index in [1.165, 1.54) is 6.07 Å². The molecule has 0 atom stereocenters. The van der Waals surface area contributed by atoms with Crippen LogP contribution in [0.3, 0.4) is 0 Å². The molecule has 2 aromatic rings. The lowest BCUT2D eigenvalue weighted by molar-refractivity contribution is 0.627. The van der Waals surface area contributed by atoms with E-state index in [2.05, 4.69) is 6.92 Å². The summed E-state index contributed by atoms with van der Waals surface area (Å²) in [6.45, 7) is 4.62. The van der Waals surface area contributed by atoms with E-state index in [0.717, 1.165) is 23.9 Å². The van der Waals surface area contributed by atoms with Crippen molar-refractivity contribution in [1.29, 1.82) is 0 Å². The zero-order chi connectivity index (χ0) is 9.26. The van der Waals surface area contributed by atoms with Crippen molar-refractivity contribution in [1.82, 2.24) is 4.57 Å². The van der Waals surface area contributed by atoms with Gasteiger partial charge in [0.25, 0.3) is 0 Å². The molecule has 0 saturated heterocycles. The Bertz CT molecular complexity index is 417. The van der Waals surface area contributed by atoms with E-state index < -0.39 is 0 Å². The molecule has 0 unspecified atom stereocenters. The van der Waals surface area contributed by atoms with Crippen LogP contribution in [0.5, 0.6) is 0 Å². The van der Waals surface area contributed by atoms with Crippen LogP contribution in [-0.2, 0) is 6.54 Å². The maximum absolute atomic E-state index is 12.9. The lowest BCUT2D eigenvalue weighted by atomic mass is 10.2. The minimum atomic E-state index is -0.184. The fourth-order valence-corrected chi connectivity index (χ4v) is 1.52. The molecule has 2 rings (SSSR count). The minimum Gasteiger partial charge on any atom is -0.347 e. The summed E-state index contributed by atoms with van der Waals surface area (Å²) in [5, 5.41) is 1.08. The first kappa shape index (κ1) is 8.30. The Labute approximate surface area is 76.8 Å². The van der Waals surface area contributed by atoms with Gasteiger partial charge in [-0.2, -0.15) is 0 Å². The Morgan fingerprint density at radius 1 is 1.31 bits per heavy atom. The van der Waals surface area contributed by atoms with E-state index in [0.29, 0.717) is 0 Å². The molecule has 0 aliphatic heterocycles. The molecule has 1 nitrogen and oxygen atoms in total. The molecule has 0 N–H and O–H groups in total. The second-order valence-corrected chi connectivity index (χ2v) is 3.07. The molecule has 13 heavy (non-hydrogen) atoms. The zero-order valence-corrected chi connectivity index (χ0v) is 7.33. The number of rotatable bonds is 2. The second kappa shape index (κ2) is 3.21. The molecule has 1 radical (unpaired) electrons. The fraction of sp³-hybridized carbons (Fsp3) is 0.182. The van der Waals surface area contributed by atoms with Crippen LogP contribution in [0.2, 0.25) is 0 Å². The summed E-state index contributed by atoms with van der Waals surface area (Å²) in [5.41, 5.74) is 0.948. The first-order valence-electron chi connectivity index (χ1n) is 4.35. The summed E-state index contributed by atoms with van der Waals surface area (Å²) >= 11 is 0. The summed E-state index contributed by atoms with van der Waals surface area (Å²) in [6.07, 6.45) is 2.79. The first-order valence-corrected chi connectivity index (χ1v) is 4.35. The molecule has 0 aliphatic carbocycles. The van der Waals surface area contributed by atoms with Crippen LogP contribution < -0.4 is 0 Å². The van der Waals surface area contributed by atoms with Gasteiger partial charge >= 0.3 is 0 Å². The van der Waals surface area contributed by atoms with Crippen molar-refractivity contribution >= 4 is 10.9 Å². The Kier molecular flexibility index (Phi) is 2.05. The van der Waals surface area contributed by atoms with Crippen LogP contribution in [0.25, 0.3) is 10.9 Å². The average molecular weight is 176 g/mol. The van der Waals surface area contributed by atoms with Gasteiger partial charge in [0.2, 0.25) is 0 Å². The smallest absolute Gasteiger partial charge is 0.125 e. The fourth-order valence-electron chi connectivity index (χ4n) is 1.52. The number of nitrogens with zero attached hydrogens (tertiary/aromatic N) is 1. The van der Waals surface area contributed by atoms with E-state index in [1.807, 2.05) is 16.8 Å². The molecule has 2 heteroatoms. The summed E-state index contributed by atoms with van der Waals surface area (Å²) < 4.78 is 14.9. The Balaban J connectivity index is 2.58. The van der Waals surface area contributed by atoms with Crippen LogP contribution in [-0.4, -0.2) is 4.57 Å². The summed E-state index contributed by atoms with van der Waals surface area (Å²) in [6, 6.07) is 6.83. The maximum Gasteiger partial charge on any atom is 0.125 e. The highest BCUT2D eigenvalue weighted by Gasteiger charge is 2.00. The SMILES string of the molecule is [CH2]CCn1ccc2ccc(F)cc21. The highest BCUT2D eigenvalue weighted by molar-refractivity contribution is 5.80. The van der Waals surface area contributed by atoms with E-state index in [4.69, 9.17) is 0 Å². The van der Waals surface area contributed by atoms with Gasteiger partial charge in [-0.15, -0.1) is 0 Å². The van der Waals surface area contributed by atoms with Crippen molar-refractivity contribution in [3.63, 3.8) is 0 Å². The monoisotopic (exact) mass is 176 g/mol. The van der Waals surface area contributed by atoms with Gasteiger partial charge in [0, 0.05) is 12.7 Å². The van der Waals surface area contributed by atoms with Gasteiger partial charge in [0.15, 0.2) is 0 Å². The summed E-state index contributed by atoms with van der Waals surface area (Å²) in [7, 11) is 0. The third-order valence-corrected chi connectivity index (χ3v) is 2.13. The van der Waals surface area contributed by atoms with E-state index in [1.54, 1.807) is 12.1 Å². The van der Waals surface area contributed by atoms with Crippen molar-refractivity contribution in [3.8, 4) is 0 Å². The molecule has 0 aliphatic rings. The number of aryl methyl sites for hydroxylation is 1. The molecule has 1 aromatic heterocycles. The Hall–Kier alpha value is -1.31. The topological polar surface area (TPSA) is 4.93 Å². The molecular formula is C11H11FN. The molecule has 0 spiro atoms. The molecule has 0 amide bonds. The van der Waals surface area contributed by atoms with Crippen LogP contribution in [0.15, 0.2) is 30.5 Å². The number of hydrogen-bond donors (Lipinski definition) is 0. The lowest BCUT2D eigenvalue weighted by Crippen LogP contribution is -1.93. The number of halogens is 1. The van der Waals surface area contributed by atoms with Gasteiger partial charge in [-0.05, 0) is 36.1 Å². The van der Waals surface area contributed by atoms with Crippen LogP contribution >= 0.6 is 0 Å². The standard InChI is InChI=1S/C11H11FN/c1-2-6-13-7-5-9-3-4-10(12)8-11(9)13/h3-5,7-8H,1-2,6H2. The number of benzene rings is 1. The molecule has 0 fully saturated rings. The minimum absolute atomic E-state index is 0.184. The van der Waals surface area contributed by atoms with Gasteiger partial charge in [-0.3, -0.25) is 0 Å². The molecular weight excluding hydrogens is 165 g/mol. The van der Waals surface area contributed by atoms with Crippen LogP contribution in [0.4, 0.5) is 4.39 Å². The van der Waals surface area contributed by atoms with Crippen LogP contribution in [0, 0.1) is 12.7 Å². The highest BCUT2D eigenvalue weighted by atomic mass is 19.1. The maximum atomic E-state index is 12.9. The molecule has 67 valence electrons. The number of aromatic nitrogens is 1. The van der Waals surface area contributed by atoms with E-state index in [-0.39, 0.29) is 5.82 Å². The van der Waals surface area contributed by atoms with Crippen molar-refractivity contribution < 1.29 is 4.39 Å². The molecule has 0 bridgehead atoms.